The molecule has 0 radical (unpaired) electrons. The molecule has 1 aliphatic heterocycles. The molecule has 1 aliphatic rings. The molecule has 3 aromatic rings. The predicted octanol–water partition coefficient (Wildman–Crippen LogP) is 5.16. The van der Waals surface area contributed by atoms with Gasteiger partial charge in [-0.3, -0.25) is 9.10 Å². The van der Waals surface area contributed by atoms with Crippen molar-refractivity contribution < 1.29 is 13.2 Å². The number of carbonyl (C=O) groups excluding carboxylic acids is 1. The van der Waals surface area contributed by atoms with Crippen molar-refractivity contribution in [3.63, 3.8) is 0 Å². The van der Waals surface area contributed by atoms with Crippen molar-refractivity contribution in [2.45, 2.75) is 27.3 Å². The van der Waals surface area contributed by atoms with Gasteiger partial charge in [-0.05, 0) is 55.0 Å². The Morgan fingerprint density at radius 1 is 1.00 bits per heavy atom. The first-order valence-corrected chi connectivity index (χ1v) is 11.8. The molecule has 0 fully saturated rings. The molecular weight excluding hydrogens is 416 g/mol. The van der Waals surface area contributed by atoms with E-state index in [1.54, 1.807) is 11.4 Å². The standard InChI is InChI=1S/C23H22N2O3S2/c1-15-5-8-18(9-6-15)14-25-20-10-11-29-23(20)22(26)21(30(25,27)28)13-24-19-12-16(2)4-7-17(19)3/h4-13,24H,14H2,1-3H3. The number of nitrogens with one attached hydrogen (secondary N) is 1. The zero-order valence-corrected chi connectivity index (χ0v) is 18.6. The first kappa shape index (κ1) is 20.4. The first-order valence-electron chi connectivity index (χ1n) is 9.52. The molecule has 0 aliphatic carbocycles. The second-order valence-corrected chi connectivity index (χ2v) is 10.2. The second kappa shape index (κ2) is 7.74. The fourth-order valence-corrected chi connectivity index (χ4v) is 5.83. The van der Waals surface area contributed by atoms with Gasteiger partial charge < -0.3 is 5.32 Å². The number of hydrogen-bond donors (Lipinski definition) is 1. The van der Waals surface area contributed by atoms with Crippen molar-refractivity contribution in [2.75, 3.05) is 9.62 Å². The van der Waals surface area contributed by atoms with E-state index in [1.165, 1.54) is 21.8 Å². The number of Topliss-reactive ketones (excluding diaryl/α,β-unsaturated/α-hetero) is 1. The van der Waals surface area contributed by atoms with Gasteiger partial charge in [0.25, 0.3) is 10.0 Å². The number of anilines is 2. The third-order valence-corrected chi connectivity index (χ3v) is 7.78. The molecular formula is C23H22N2O3S2. The van der Waals surface area contributed by atoms with Crippen LogP contribution in [-0.4, -0.2) is 14.2 Å². The lowest BCUT2D eigenvalue weighted by Gasteiger charge is -2.29. The Hall–Kier alpha value is -2.90. The molecule has 4 rings (SSSR count). The maximum atomic E-state index is 13.4. The third-order valence-electron chi connectivity index (χ3n) is 5.11. The van der Waals surface area contributed by atoms with Gasteiger partial charge >= 0.3 is 0 Å². The summed E-state index contributed by atoms with van der Waals surface area (Å²) in [6, 6.07) is 15.3. The van der Waals surface area contributed by atoms with E-state index in [9.17, 15) is 13.2 Å². The quantitative estimate of drug-likeness (QED) is 0.572. The number of carbonyl (C=O) groups is 1. The van der Waals surface area contributed by atoms with Crippen LogP contribution in [0, 0.1) is 20.8 Å². The molecule has 0 saturated heterocycles. The Kier molecular flexibility index (Phi) is 5.26. The number of hydrogen-bond acceptors (Lipinski definition) is 5. The van der Waals surface area contributed by atoms with Crippen molar-refractivity contribution in [3.05, 3.63) is 92.1 Å². The highest BCUT2D eigenvalue weighted by Crippen LogP contribution is 2.39. The van der Waals surface area contributed by atoms with Gasteiger partial charge in [-0.2, -0.15) is 0 Å². The summed E-state index contributed by atoms with van der Waals surface area (Å²) in [7, 11) is -4.01. The van der Waals surface area contributed by atoms with Crippen molar-refractivity contribution >= 4 is 38.5 Å². The lowest BCUT2D eigenvalue weighted by Crippen LogP contribution is -2.38. The Morgan fingerprint density at radius 2 is 1.70 bits per heavy atom. The minimum absolute atomic E-state index is 0.167. The average Bonchev–Trinajstić information content (AvgIpc) is 3.18. The van der Waals surface area contributed by atoms with E-state index in [0.29, 0.717) is 10.6 Å². The average molecular weight is 439 g/mol. The Labute approximate surface area is 180 Å². The maximum Gasteiger partial charge on any atom is 0.270 e. The van der Waals surface area contributed by atoms with Gasteiger partial charge in [0.05, 0.1) is 12.2 Å². The maximum absolute atomic E-state index is 13.4. The number of benzene rings is 2. The van der Waals surface area contributed by atoms with E-state index in [4.69, 9.17) is 0 Å². The second-order valence-electron chi connectivity index (χ2n) is 7.43. The highest BCUT2D eigenvalue weighted by molar-refractivity contribution is 7.97. The van der Waals surface area contributed by atoms with E-state index in [2.05, 4.69) is 5.32 Å². The van der Waals surface area contributed by atoms with Crippen molar-refractivity contribution in [3.8, 4) is 0 Å². The van der Waals surface area contributed by atoms with Crippen LogP contribution in [0.2, 0.25) is 0 Å². The van der Waals surface area contributed by atoms with Crippen molar-refractivity contribution in [1.29, 1.82) is 0 Å². The summed E-state index contributed by atoms with van der Waals surface area (Å²) in [5.74, 6) is -0.474. The van der Waals surface area contributed by atoms with Crippen LogP contribution in [0.3, 0.4) is 0 Å². The molecule has 2 heterocycles. The molecule has 1 N–H and O–H groups in total. The summed E-state index contributed by atoms with van der Waals surface area (Å²) in [4.78, 5) is 13.2. The molecule has 0 spiro atoms. The van der Waals surface area contributed by atoms with Gasteiger partial charge in [-0.15, -0.1) is 11.3 Å². The number of nitrogens with zero attached hydrogens (tertiary/aromatic N) is 1. The van der Waals surface area contributed by atoms with Gasteiger partial charge in [0.2, 0.25) is 5.78 Å². The Morgan fingerprint density at radius 3 is 2.43 bits per heavy atom. The van der Waals surface area contributed by atoms with E-state index in [-0.39, 0.29) is 11.4 Å². The molecule has 0 saturated carbocycles. The monoisotopic (exact) mass is 438 g/mol. The molecule has 30 heavy (non-hydrogen) atoms. The van der Waals surface area contributed by atoms with Crippen LogP contribution >= 0.6 is 11.3 Å². The van der Waals surface area contributed by atoms with Crippen LogP contribution < -0.4 is 9.62 Å². The number of thiophene rings is 1. The zero-order chi connectivity index (χ0) is 21.5. The summed E-state index contributed by atoms with van der Waals surface area (Å²) >= 11 is 1.26. The van der Waals surface area contributed by atoms with Crippen molar-refractivity contribution in [2.24, 2.45) is 0 Å². The number of fused-ring (bicyclic) bond motifs is 1. The van der Waals surface area contributed by atoms with Crippen LogP contribution in [0.5, 0.6) is 0 Å². The fraction of sp³-hybridized carbons (Fsp3) is 0.174. The van der Waals surface area contributed by atoms with Crippen LogP contribution in [0.4, 0.5) is 11.4 Å². The van der Waals surface area contributed by atoms with Crippen molar-refractivity contribution in [1.82, 2.24) is 0 Å². The molecule has 0 bridgehead atoms. The third kappa shape index (κ3) is 3.66. The highest BCUT2D eigenvalue weighted by atomic mass is 32.2. The highest BCUT2D eigenvalue weighted by Gasteiger charge is 2.41. The number of allylic oxidation sites excluding steroid dienone is 1. The minimum Gasteiger partial charge on any atom is -0.360 e. The molecule has 2 aromatic carbocycles. The predicted molar refractivity (Wildman–Crippen MR) is 123 cm³/mol. The molecule has 0 atom stereocenters. The lowest BCUT2D eigenvalue weighted by atomic mass is 10.1. The van der Waals surface area contributed by atoms with Gasteiger partial charge in [0, 0.05) is 11.9 Å². The number of rotatable bonds is 4. The summed E-state index contributed by atoms with van der Waals surface area (Å²) in [5, 5.41) is 4.79. The van der Waals surface area contributed by atoms with Crippen LogP contribution in [0.15, 0.2) is 65.0 Å². The number of aryl methyl sites for hydroxylation is 3. The fourth-order valence-electron chi connectivity index (χ4n) is 3.35. The molecule has 0 unspecified atom stereocenters. The van der Waals surface area contributed by atoms with E-state index < -0.39 is 15.8 Å². The molecule has 0 amide bonds. The minimum atomic E-state index is -4.01. The Bertz CT molecular complexity index is 1260. The Balaban J connectivity index is 1.75. The smallest absolute Gasteiger partial charge is 0.270 e. The van der Waals surface area contributed by atoms with Gasteiger partial charge in [-0.1, -0.05) is 42.0 Å². The van der Waals surface area contributed by atoms with Gasteiger partial charge in [-0.25, -0.2) is 8.42 Å². The largest absolute Gasteiger partial charge is 0.360 e. The van der Waals surface area contributed by atoms with E-state index in [0.717, 1.165) is 27.9 Å². The summed E-state index contributed by atoms with van der Waals surface area (Å²) in [5.41, 5.74) is 5.18. The summed E-state index contributed by atoms with van der Waals surface area (Å²) < 4.78 is 28.2. The molecule has 1 aromatic heterocycles. The molecule has 5 nitrogen and oxygen atoms in total. The molecule has 7 heteroatoms. The van der Waals surface area contributed by atoms with E-state index >= 15 is 0 Å². The number of ketones is 1. The first-order chi connectivity index (χ1) is 14.3. The SMILES string of the molecule is Cc1ccc(CN2c3ccsc3C(=O)C(=CNc3cc(C)ccc3C)S2(=O)=O)cc1. The van der Waals surface area contributed by atoms with E-state index in [1.807, 2.05) is 63.2 Å². The topological polar surface area (TPSA) is 66.5 Å². The summed E-state index contributed by atoms with van der Waals surface area (Å²) in [6.07, 6.45) is 1.32. The van der Waals surface area contributed by atoms with Gasteiger partial charge in [0.1, 0.15) is 4.88 Å². The van der Waals surface area contributed by atoms with Crippen LogP contribution in [0.25, 0.3) is 0 Å². The molecule has 154 valence electrons. The van der Waals surface area contributed by atoms with Gasteiger partial charge in [0.15, 0.2) is 4.91 Å². The summed E-state index contributed by atoms with van der Waals surface area (Å²) in [6.45, 7) is 6.04. The van der Waals surface area contributed by atoms with Crippen LogP contribution in [-0.2, 0) is 16.6 Å². The lowest BCUT2D eigenvalue weighted by molar-refractivity contribution is 0.104. The normalized spacial score (nSPS) is 16.6. The van der Waals surface area contributed by atoms with Crippen LogP contribution in [0.1, 0.15) is 31.9 Å². The number of sulfonamides is 1. The zero-order valence-electron chi connectivity index (χ0n) is 17.0.